The summed E-state index contributed by atoms with van der Waals surface area (Å²) in [7, 11) is 0. The van der Waals surface area contributed by atoms with Crippen LogP contribution in [0.15, 0.2) is 42.5 Å². The lowest BCUT2D eigenvalue weighted by Gasteiger charge is -2.33. The van der Waals surface area contributed by atoms with Crippen LogP contribution in [0.3, 0.4) is 0 Å². The summed E-state index contributed by atoms with van der Waals surface area (Å²) >= 11 is 0. The number of esters is 1. The van der Waals surface area contributed by atoms with Crippen molar-refractivity contribution in [2.75, 3.05) is 0 Å². The molecule has 0 bridgehead atoms. The van der Waals surface area contributed by atoms with E-state index < -0.39 is 23.0 Å². The van der Waals surface area contributed by atoms with Gasteiger partial charge in [-0.1, -0.05) is 49.2 Å². The quantitative estimate of drug-likeness (QED) is 0.634. The number of carbonyl (C=O) groups excluding carboxylic acids is 1. The van der Waals surface area contributed by atoms with Crippen molar-refractivity contribution in [3.8, 4) is 0 Å². The molecule has 0 unspecified atom stereocenters. The number of aliphatic carboxylic acids is 1. The zero-order chi connectivity index (χ0) is 18.2. The van der Waals surface area contributed by atoms with E-state index in [0.717, 1.165) is 54.9 Å². The highest BCUT2D eigenvalue weighted by Gasteiger charge is 2.53. The SMILES string of the molecule is O=C(O)C1(C(=O)OC2(c3ccc4ccccc4c3)CCCC2)CCCC1. The highest BCUT2D eigenvalue weighted by atomic mass is 16.6. The third-order valence-corrected chi connectivity index (χ3v) is 6.23. The Kier molecular flexibility index (Phi) is 4.22. The van der Waals surface area contributed by atoms with Crippen molar-refractivity contribution in [3.05, 3.63) is 48.0 Å². The lowest BCUT2D eigenvalue weighted by Crippen LogP contribution is -2.42. The smallest absolute Gasteiger partial charge is 0.324 e. The molecule has 0 radical (unpaired) electrons. The Morgan fingerprint density at radius 1 is 0.846 bits per heavy atom. The maximum atomic E-state index is 13.0. The van der Waals surface area contributed by atoms with Gasteiger partial charge >= 0.3 is 11.9 Å². The van der Waals surface area contributed by atoms with Crippen LogP contribution in [0.4, 0.5) is 0 Å². The molecular weight excluding hydrogens is 328 g/mol. The van der Waals surface area contributed by atoms with Gasteiger partial charge in [0.05, 0.1) is 0 Å². The fraction of sp³-hybridized carbons (Fsp3) is 0.455. The van der Waals surface area contributed by atoms with E-state index in [4.69, 9.17) is 4.74 Å². The second-order valence-corrected chi connectivity index (χ2v) is 7.75. The van der Waals surface area contributed by atoms with Gasteiger partial charge in [0.25, 0.3) is 0 Å². The third kappa shape index (κ3) is 2.68. The number of fused-ring (bicyclic) bond motifs is 1. The van der Waals surface area contributed by atoms with Gasteiger partial charge < -0.3 is 9.84 Å². The highest BCUT2D eigenvalue weighted by Crippen LogP contribution is 2.47. The largest absolute Gasteiger partial charge is 0.480 e. The first kappa shape index (κ1) is 17.1. The summed E-state index contributed by atoms with van der Waals surface area (Å²) in [6.45, 7) is 0. The minimum absolute atomic E-state index is 0.384. The predicted molar refractivity (Wildman–Crippen MR) is 98.7 cm³/mol. The first-order valence-corrected chi connectivity index (χ1v) is 9.52. The summed E-state index contributed by atoms with van der Waals surface area (Å²) in [4.78, 5) is 24.9. The molecule has 2 saturated carbocycles. The molecule has 0 aliphatic heterocycles. The van der Waals surface area contributed by atoms with Crippen molar-refractivity contribution in [2.24, 2.45) is 5.41 Å². The lowest BCUT2D eigenvalue weighted by atomic mass is 9.85. The van der Waals surface area contributed by atoms with E-state index in [9.17, 15) is 14.7 Å². The molecule has 0 atom stereocenters. The summed E-state index contributed by atoms with van der Waals surface area (Å²) in [6.07, 6.45) is 5.79. The maximum absolute atomic E-state index is 13.0. The van der Waals surface area contributed by atoms with Crippen molar-refractivity contribution in [1.82, 2.24) is 0 Å². The van der Waals surface area contributed by atoms with Crippen LogP contribution < -0.4 is 0 Å². The highest BCUT2D eigenvalue weighted by molar-refractivity contribution is 5.99. The minimum Gasteiger partial charge on any atom is -0.480 e. The predicted octanol–water partition coefficient (Wildman–Crippen LogP) is 4.80. The number of benzene rings is 2. The summed E-state index contributed by atoms with van der Waals surface area (Å²) in [5, 5.41) is 12.0. The molecule has 4 nitrogen and oxygen atoms in total. The molecule has 1 N–H and O–H groups in total. The van der Waals surface area contributed by atoms with E-state index in [1.807, 2.05) is 18.2 Å². The van der Waals surface area contributed by atoms with Crippen molar-refractivity contribution >= 4 is 22.7 Å². The molecule has 2 aromatic carbocycles. The summed E-state index contributed by atoms with van der Waals surface area (Å²) in [6, 6.07) is 14.3. The van der Waals surface area contributed by atoms with Gasteiger partial charge in [0.1, 0.15) is 5.60 Å². The molecule has 0 heterocycles. The van der Waals surface area contributed by atoms with Crippen molar-refractivity contribution in [3.63, 3.8) is 0 Å². The Balaban J connectivity index is 1.70. The first-order valence-electron chi connectivity index (χ1n) is 9.52. The molecule has 4 heteroatoms. The van der Waals surface area contributed by atoms with Crippen LogP contribution in [0.1, 0.15) is 56.9 Å². The van der Waals surface area contributed by atoms with E-state index in [2.05, 4.69) is 24.3 Å². The number of ether oxygens (including phenoxy) is 1. The Morgan fingerprint density at radius 2 is 1.46 bits per heavy atom. The van der Waals surface area contributed by atoms with Crippen LogP contribution >= 0.6 is 0 Å². The number of rotatable bonds is 4. The Bertz CT molecular complexity index is 842. The molecule has 2 fully saturated rings. The molecule has 136 valence electrons. The third-order valence-electron chi connectivity index (χ3n) is 6.23. The molecule has 0 spiro atoms. The molecule has 0 aromatic heterocycles. The normalized spacial score (nSPS) is 20.9. The molecule has 4 rings (SSSR count). The van der Waals surface area contributed by atoms with Gasteiger partial charge in [-0.2, -0.15) is 0 Å². The number of carboxylic acids is 1. The van der Waals surface area contributed by atoms with Crippen LogP contribution in [0.25, 0.3) is 10.8 Å². The lowest BCUT2D eigenvalue weighted by molar-refractivity contribution is -0.181. The van der Waals surface area contributed by atoms with Crippen LogP contribution in [0.5, 0.6) is 0 Å². The van der Waals surface area contributed by atoms with Crippen molar-refractivity contribution in [2.45, 2.75) is 57.0 Å². The van der Waals surface area contributed by atoms with Gasteiger partial charge in [-0.25, -0.2) is 0 Å². The topological polar surface area (TPSA) is 63.6 Å². The zero-order valence-electron chi connectivity index (χ0n) is 14.9. The Labute approximate surface area is 153 Å². The number of hydrogen-bond acceptors (Lipinski definition) is 3. The van der Waals surface area contributed by atoms with Crippen molar-refractivity contribution < 1.29 is 19.4 Å². The molecule has 26 heavy (non-hydrogen) atoms. The molecular formula is C22H24O4. The average Bonchev–Trinajstić information content (AvgIpc) is 3.32. The number of hydrogen-bond donors (Lipinski definition) is 1. The zero-order valence-corrected chi connectivity index (χ0v) is 14.9. The Morgan fingerprint density at radius 3 is 2.12 bits per heavy atom. The first-order chi connectivity index (χ1) is 12.6. The number of carbonyl (C=O) groups is 2. The minimum atomic E-state index is -1.35. The molecule has 2 aliphatic carbocycles. The fourth-order valence-corrected chi connectivity index (χ4v) is 4.63. The fourth-order valence-electron chi connectivity index (χ4n) is 4.63. The second-order valence-electron chi connectivity index (χ2n) is 7.75. The van der Waals surface area contributed by atoms with E-state index in [-0.39, 0.29) is 0 Å². The van der Waals surface area contributed by atoms with Gasteiger partial charge in [0.2, 0.25) is 0 Å². The van der Waals surface area contributed by atoms with E-state index in [1.54, 1.807) is 0 Å². The van der Waals surface area contributed by atoms with Crippen LogP contribution in [-0.4, -0.2) is 17.0 Å². The molecule has 0 amide bonds. The molecule has 2 aliphatic rings. The second kappa shape index (κ2) is 6.42. The van der Waals surface area contributed by atoms with Crippen LogP contribution in [0, 0.1) is 5.41 Å². The van der Waals surface area contributed by atoms with Crippen LogP contribution in [-0.2, 0) is 19.9 Å². The van der Waals surface area contributed by atoms with Crippen molar-refractivity contribution in [1.29, 1.82) is 0 Å². The summed E-state index contributed by atoms with van der Waals surface area (Å²) in [5.41, 5.74) is -1.06. The summed E-state index contributed by atoms with van der Waals surface area (Å²) < 4.78 is 6.06. The van der Waals surface area contributed by atoms with Gasteiger partial charge in [0.15, 0.2) is 5.41 Å². The van der Waals surface area contributed by atoms with E-state index in [1.165, 1.54) is 0 Å². The molecule has 2 aromatic rings. The summed E-state index contributed by atoms with van der Waals surface area (Å²) in [5.74, 6) is -1.58. The average molecular weight is 352 g/mol. The van der Waals surface area contributed by atoms with Gasteiger partial charge in [0, 0.05) is 0 Å². The van der Waals surface area contributed by atoms with Gasteiger partial charge in [-0.3, -0.25) is 9.59 Å². The van der Waals surface area contributed by atoms with Gasteiger partial charge in [-0.05, 0) is 60.9 Å². The van der Waals surface area contributed by atoms with E-state index in [0.29, 0.717) is 12.8 Å². The number of carboxylic acid groups (broad SMARTS) is 1. The van der Waals surface area contributed by atoms with E-state index >= 15 is 0 Å². The standard InChI is InChI=1S/C22H24O4/c23-19(24)21(11-3-4-12-21)20(25)26-22(13-5-6-14-22)18-10-9-16-7-1-2-8-17(16)15-18/h1-2,7-10,15H,3-6,11-14H2,(H,23,24). The molecule has 0 saturated heterocycles. The van der Waals surface area contributed by atoms with Gasteiger partial charge in [-0.15, -0.1) is 0 Å². The van der Waals surface area contributed by atoms with Crippen LogP contribution in [0.2, 0.25) is 0 Å². The monoisotopic (exact) mass is 352 g/mol. The maximum Gasteiger partial charge on any atom is 0.324 e. The Hall–Kier alpha value is -2.36.